The number of hydrogen-bond acceptors (Lipinski definition) is 10. The van der Waals surface area contributed by atoms with E-state index in [9.17, 15) is 24.0 Å². The largest absolute Gasteiger partial charge is 0.497 e. The lowest BCUT2D eigenvalue weighted by atomic mass is 9.90. The van der Waals surface area contributed by atoms with Gasteiger partial charge in [0.05, 0.1) is 36.8 Å². The highest BCUT2D eigenvalue weighted by Crippen LogP contribution is 2.39. The fourth-order valence-electron chi connectivity index (χ4n) is 7.87. The van der Waals surface area contributed by atoms with E-state index in [1.165, 1.54) is 6.42 Å². The van der Waals surface area contributed by atoms with Crippen LogP contribution in [0.4, 0.5) is 0 Å². The Morgan fingerprint density at radius 1 is 0.881 bits per heavy atom. The van der Waals surface area contributed by atoms with E-state index in [0.717, 1.165) is 36.6 Å². The van der Waals surface area contributed by atoms with Gasteiger partial charge in [0.2, 0.25) is 17.7 Å². The van der Waals surface area contributed by atoms with Gasteiger partial charge < -0.3 is 34.9 Å². The first-order valence-corrected chi connectivity index (χ1v) is 21.1. The highest BCUT2D eigenvalue weighted by molar-refractivity contribution is 5.94. The number of fused-ring (bicyclic) bond motifs is 1. The first-order valence-electron chi connectivity index (χ1n) is 21.1. The minimum absolute atomic E-state index is 0.148. The first-order chi connectivity index (χ1) is 28.1. The van der Waals surface area contributed by atoms with Gasteiger partial charge in [-0.1, -0.05) is 76.8 Å². The monoisotopic (exact) mass is 814 g/mol. The molecule has 0 saturated heterocycles. The van der Waals surface area contributed by atoms with Crippen LogP contribution in [0.1, 0.15) is 99.3 Å². The summed E-state index contributed by atoms with van der Waals surface area (Å²) in [4.78, 5) is 72.7. The molecule has 0 aliphatic heterocycles. The van der Waals surface area contributed by atoms with Crippen LogP contribution in [0.5, 0.6) is 11.5 Å². The van der Waals surface area contributed by atoms with Crippen molar-refractivity contribution >= 4 is 40.6 Å². The molecular formula is C46H62N4O9. The van der Waals surface area contributed by atoms with Crippen LogP contribution in [-0.4, -0.2) is 78.7 Å². The molecule has 0 radical (unpaired) electrons. The highest BCUT2D eigenvalue weighted by atomic mass is 16.6. The number of carbonyl (C=O) groups excluding carboxylic acids is 5. The Morgan fingerprint density at radius 3 is 2.19 bits per heavy atom. The maximum atomic E-state index is 14.3. The molecule has 59 heavy (non-hydrogen) atoms. The van der Waals surface area contributed by atoms with Gasteiger partial charge in [0.15, 0.2) is 0 Å². The van der Waals surface area contributed by atoms with Gasteiger partial charge in [-0.3, -0.25) is 19.2 Å². The third-order valence-electron chi connectivity index (χ3n) is 11.0. The summed E-state index contributed by atoms with van der Waals surface area (Å²) in [7, 11) is 1.59. The average Bonchev–Trinajstić information content (AvgIpc) is 3.64. The van der Waals surface area contributed by atoms with Crippen molar-refractivity contribution in [2.45, 2.75) is 123 Å². The van der Waals surface area contributed by atoms with Gasteiger partial charge in [-0.15, -0.1) is 0 Å². The van der Waals surface area contributed by atoms with E-state index >= 15 is 0 Å². The summed E-state index contributed by atoms with van der Waals surface area (Å²) in [5.41, 5.74) is 1.43. The maximum absolute atomic E-state index is 14.3. The van der Waals surface area contributed by atoms with Crippen LogP contribution in [0.2, 0.25) is 0 Å². The minimum atomic E-state index is -1.00. The number of rotatable bonds is 17. The normalized spacial score (nSPS) is 19.4. The Balaban J connectivity index is 1.37. The van der Waals surface area contributed by atoms with Crippen molar-refractivity contribution in [3.05, 3.63) is 54.6 Å². The molecule has 1 aromatic heterocycles. The molecule has 0 spiro atoms. The van der Waals surface area contributed by atoms with Crippen molar-refractivity contribution < 1.29 is 42.9 Å². The summed E-state index contributed by atoms with van der Waals surface area (Å²) in [5.74, 6) is -3.31. The van der Waals surface area contributed by atoms with Crippen LogP contribution in [-0.2, 0) is 33.4 Å². The van der Waals surface area contributed by atoms with Crippen LogP contribution < -0.4 is 25.4 Å². The number of hydrogen-bond donors (Lipinski definition) is 3. The predicted molar refractivity (Wildman–Crippen MR) is 224 cm³/mol. The molecule has 3 N–H and O–H groups in total. The molecule has 3 amide bonds. The van der Waals surface area contributed by atoms with E-state index in [1.807, 2.05) is 61.5 Å². The predicted octanol–water partition coefficient (Wildman–Crippen LogP) is 6.69. The average molecular weight is 815 g/mol. The van der Waals surface area contributed by atoms with Crippen LogP contribution in [0.15, 0.2) is 54.6 Å². The quantitative estimate of drug-likeness (QED) is 0.125. The fraction of sp³-hybridized carbons (Fsp3) is 0.565. The molecule has 5 atom stereocenters. The molecule has 1 heterocycles. The molecule has 2 aliphatic rings. The van der Waals surface area contributed by atoms with E-state index < -0.39 is 65.3 Å². The summed E-state index contributed by atoms with van der Waals surface area (Å²) in [6.07, 6.45) is 6.15. The number of methoxy groups -OCH3 is 1. The molecule has 3 aromatic rings. The third-order valence-corrected chi connectivity index (χ3v) is 11.0. The van der Waals surface area contributed by atoms with Gasteiger partial charge in [0.25, 0.3) is 0 Å². The maximum Gasteiger partial charge on any atom is 0.329 e. The van der Waals surface area contributed by atoms with Crippen molar-refractivity contribution in [2.75, 3.05) is 20.3 Å². The van der Waals surface area contributed by atoms with Crippen LogP contribution in [0, 0.1) is 23.7 Å². The summed E-state index contributed by atoms with van der Waals surface area (Å²) in [6.45, 7) is 10.8. The van der Waals surface area contributed by atoms with E-state index in [4.69, 9.17) is 23.9 Å². The lowest BCUT2D eigenvalue weighted by Gasteiger charge is -2.27. The first kappa shape index (κ1) is 44.9. The van der Waals surface area contributed by atoms with Crippen LogP contribution >= 0.6 is 0 Å². The van der Waals surface area contributed by atoms with Crippen molar-refractivity contribution in [1.29, 1.82) is 0 Å². The second-order valence-corrected chi connectivity index (χ2v) is 17.2. The molecule has 2 aliphatic carbocycles. The Kier molecular flexibility index (Phi) is 15.7. The Bertz CT molecular complexity index is 1920. The number of carbonyl (C=O) groups is 5. The molecule has 13 heteroatoms. The summed E-state index contributed by atoms with van der Waals surface area (Å²) in [5, 5.41) is 9.14. The molecule has 2 saturated carbocycles. The second kappa shape index (κ2) is 20.7. The summed E-state index contributed by atoms with van der Waals surface area (Å²) < 4.78 is 23.3. The molecule has 2 aromatic carbocycles. The van der Waals surface area contributed by atoms with Gasteiger partial charge >= 0.3 is 11.9 Å². The highest BCUT2D eigenvalue weighted by Gasteiger charge is 2.46. The molecule has 2 fully saturated rings. The van der Waals surface area contributed by atoms with E-state index in [1.54, 1.807) is 41.7 Å². The van der Waals surface area contributed by atoms with Gasteiger partial charge in [0, 0.05) is 23.1 Å². The van der Waals surface area contributed by atoms with E-state index in [-0.39, 0.29) is 25.3 Å². The standard InChI is InChI=1S/C46H62N4O9/c1-8-15-36(45(55)59-46(4,5)6)49-42(52)34-22-32(58-39-25-37(30-18-13-10-14-19-30)48-38-24-31(56-7)20-21-33(38)39)23-35(34)43(53)50-41(28(2)3)44(54)47-26-40(51)57-27-29-16-11-9-12-17-29/h10,13-14,18-21,24-25,28-29,32,34-36,41H,8-9,11-12,15-17,22-23,26-27H2,1-7H3,(H,47,54)(H,49,52)(H,50,53)/t32-,34-,35-,36+,41+/m1/s1. The number of aromatic nitrogens is 1. The van der Waals surface area contributed by atoms with E-state index in [0.29, 0.717) is 48.1 Å². The summed E-state index contributed by atoms with van der Waals surface area (Å²) in [6, 6.07) is 15.1. The fourth-order valence-corrected chi connectivity index (χ4v) is 7.87. The Hall–Kier alpha value is -5.20. The number of nitrogens with one attached hydrogen (secondary N) is 3. The number of ether oxygens (including phenoxy) is 4. The second-order valence-electron chi connectivity index (χ2n) is 17.2. The zero-order valence-corrected chi connectivity index (χ0v) is 35.6. The SMILES string of the molecule is CCC[C@H](NC(=O)[C@@H]1C[C@@H](Oc2cc(-c3ccccc3)nc3cc(OC)ccc23)C[C@H]1C(=O)N[C@H](C(=O)NCC(=O)OCC1CCCCC1)C(C)C)C(=O)OC(C)(C)C. The lowest BCUT2D eigenvalue weighted by molar-refractivity contribution is -0.159. The number of pyridine rings is 1. The number of benzene rings is 2. The van der Waals surface area contributed by atoms with Crippen molar-refractivity contribution in [3.8, 4) is 22.8 Å². The minimum Gasteiger partial charge on any atom is -0.497 e. The van der Waals surface area contributed by atoms with Gasteiger partial charge in [-0.2, -0.15) is 0 Å². The van der Waals surface area contributed by atoms with Gasteiger partial charge in [0.1, 0.15) is 41.8 Å². The molecule has 5 rings (SSSR count). The zero-order chi connectivity index (χ0) is 42.7. The number of amides is 3. The van der Waals surface area contributed by atoms with Crippen LogP contribution in [0.3, 0.4) is 0 Å². The molecule has 320 valence electrons. The lowest BCUT2D eigenvalue weighted by Crippen LogP contribution is -2.53. The van der Waals surface area contributed by atoms with Crippen LogP contribution in [0.25, 0.3) is 22.2 Å². The molecule has 13 nitrogen and oxygen atoms in total. The van der Waals surface area contributed by atoms with Gasteiger partial charge in [-0.25, -0.2) is 9.78 Å². The van der Waals surface area contributed by atoms with Gasteiger partial charge in [-0.05, 0) is 76.8 Å². The Labute approximate surface area is 348 Å². The number of nitrogens with zero attached hydrogens (tertiary/aromatic N) is 1. The Morgan fingerprint density at radius 2 is 1.56 bits per heavy atom. The topological polar surface area (TPSA) is 171 Å². The zero-order valence-electron chi connectivity index (χ0n) is 35.6. The van der Waals surface area contributed by atoms with Crippen molar-refractivity contribution in [1.82, 2.24) is 20.9 Å². The van der Waals surface area contributed by atoms with Crippen molar-refractivity contribution in [3.63, 3.8) is 0 Å². The molecule has 0 bridgehead atoms. The molecule has 0 unspecified atom stereocenters. The van der Waals surface area contributed by atoms with E-state index in [2.05, 4.69) is 16.0 Å². The number of esters is 2. The smallest absolute Gasteiger partial charge is 0.329 e. The van der Waals surface area contributed by atoms with Crippen molar-refractivity contribution in [2.24, 2.45) is 23.7 Å². The molecular weight excluding hydrogens is 753 g/mol. The summed E-state index contributed by atoms with van der Waals surface area (Å²) >= 11 is 0. The third kappa shape index (κ3) is 12.6.